The molecule has 0 amide bonds. The fourth-order valence-electron chi connectivity index (χ4n) is 2.18. The summed E-state index contributed by atoms with van der Waals surface area (Å²) < 4.78 is 11.2. The highest BCUT2D eigenvalue weighted by atomic mass is 16.5. The van der Waals surface area contributed by atoms with Gasteiger partial charge in [0.2, 0.25) is 0 Å². The summed E-state index contributed by atoms with van der Waals surface area (Å²) >= 11 is 0. The Balaban J connectivity index is 2.48. The Morgan fingerprint density at radius 1 is 0.952 bits per heavy atom. The van der Waals surface area contributed by atoms with Gasteiger partial charge in [0.05, 0.1) is 32.0 Å². The second kappa shape index (κ2) is 9.93. The van der Waals surface area contributed by atoms with Crippen LogP contribution in [0.25, 0.3) is 0 Å². The molecule has 1 aromatic rings. The van der Waals surface area contributed by atoms with Crippen LogP contribution in [0.2, 0.25) is 0 Å². The molecule has 0 bridgehead atoms. The molecule has 0 aliphatic rings. The second-order valence-electron chi connectivity index (χ2n) is 5.93. The van der Waals surface area contributed by atoms with E-state index < -0.39 is 0 Å². The minimum atomic E-state index is 0.246. The average molecular weight is 293 g/mol. The Bertz CT molecular complexity index is 373. The van der Waals surface area contributed by atoms with Crippen molar-refractivity contribution in [2.75, 3.05) is 26.4 Å². The summed E-state index contributed by atoms with van der Waals surface area (Å²) in [7, 11) is 0. The molecule has 0 aliphatic carbocycles. The van der Waals surface area contributed by atoms with E-state index in [4.69, 9.17) is 9.47 Å². The van der Waals surface area contributed by atoms with Crippen LogP contribution in [0.1, 0.15) is 57.7 Å². The molecule has 0 saturated heterocycles. The van der Waals surface area contributed by atoms with Gasteiger partial charge in [-0.15, -0.1) is 0 Å². The van der Waals surface area contributed by atoms with Gasteiger partial charge in [-0.05, 0) is 37.4 Å². The molecule has 0 aliphatic heterocycles. The van der Waals surface area contributed by atoms with E-state index in [9.17, 15) is 0 Å². The summed E-state index contributed by atoms with van der Waals surface area (Å²) in [5.74, 6) is 0.570. The highest BCUT2D eigenvalue weighted by molar-refractivity contribution is 5.27. The van der Waals surface area contributed by atoms with Gasteiger partial charge in [0, 0.05) is 0 Å². The number of benzene rings is 1. The van der Waals surface area contributed by atoms with E-state index in [0.717, 1.165) is 6.54 Å². The number of rotatable bonds is 10. The Hall–Kier alpha value is -0.900. The normalized spacial score (nSPS) is 13.1. The van der Waals surface area contributed by atoms with Gasteiger partial charge in [0.1, 0.15) is 0 Å². The third-order valence-corrected chi connectivity index (χ3v) is 3.42. The van der Waals surface area contributed by atoms with Gasteiger partial charge in [0.15, 0.2) is 0 Å². The van der Waals surface area contributed by atoms with Crippen molar-refractivity contribution in [2.24, 2.45) is 0 Å². The van der Waals surface area contributed by atoms with Crippen molar-refractivity contribution in [3.05, 3.63) is 35.4 Å². The first-order valence-corrected chi connectivity index (χ1v) is 8.07. The van der Waals surface area contributed by atoms with Crippen LogP contribution in [0.3, 0.4) is 0 Å². The van der Waals surface area contributed by atoms with Gasteiger partial charge in [0.25, 0.3) is 0 Å². The molecule has 3 nitrogen and oxygen atoms in total. The predicted octanol–water partition coefficient (Wildman–Crippen LogP) is 3.90. The van der Waals surface area contributed by atoms with Gasteiger partial charge >= 0.3 is 0 Å². The van der Waals surface area contributed by atoms with Gasteiger partial charge < -0.3 is 14.8 Å². The van der Waals surface area contributed by atoms with Gasteiger partial charge in [-0.25, -0.2) is 0 Å². The van der Waals surface area contributed by atoms with Crippen molar-refractivity contribution in [3.8, 4) is 0 Å². The van der Waals surface area contributed by atoms with Crippen molar-refractivity contribution in [1.29, 1.82) is 0 Å². The van der Waals surface area contributed by atoms with Crippen molar-refractivity contribution in [1.82, 2.24) is 5.32 Å². The molecule has 120 valence electrons. The zero-order chi connectivity index (χ0) is 15.7. The van der Waals surface area contributed by atoms with Crippen LogP contribution in [-0.2, 0) is 9.47 Å². The molecule has 1 N–H and O–H groups in total. The first-order valence-electron chi connectivity index (χ1n) is 8.07. The van der Waals surface area contributed by atoms with Crippen molar-refractivity contribution in [2.45, 2.75) is 52.7 Å². The minimum absolute atomic E-state index is 0.246. The van der Waals surface area contributed by atoms with Crippen LogP contribution in [0.5, 0.6) is 0 Å². The van der Waals surface area contributed by atoms with Crippen LogP contribution in [0.15, 0.2) is 24.3 Å². The van der Waals surface area contributed by atoms with Gasteiger partial charge in [-0.1, -0.05) is 45.0 Å². The quantitative estimate of drug-likeness (QED) is 0.664. The summed E-state index contributed by atoms with van der Waals surface area (Å²) in [6.07, 6.45) is 0.266. The number of ether oxygens (including phenoxy) is 2. The fourth-order valence-corrected chi connectivity index (χ4v) is 2.18. The van der Waals surface area contributed by atoms with Crippen molar-refractivity contribution < 1.29 is 9.47 Å². The Morgan fingerprint density at radius 3 is 2.10 bits per heavy atom. The molecule has 0 heterocycles. The first-order chi connectivity index (χ1) is 10.0. The zero-order valence-electron chi connectivity index (χ0n) is 14.2. The third-order valence-electron chi connectivity index (χ3n) is 3.42. The zero-order valence-corrected chi connectivity index (χ0v) is 14.2. The van der Waals surface area contributed by atoms with Crippen molar-refractivity contribution >= 4 is 0 Å². The topological polar surface area (TPSA) is 30.5 Å². The molecule has 21 heavy (non-hydrogen) atoms. The molecule has 3 heteroatoms. The van der Waals surface area contributed by atoms with E-state index in [1.54, 1.807) is 0 Å². The maximum atomic E-state index is 5.74. The molecule has 1 atom stereocenters. The molecule has 0 spiro atoms. The molecule has 1 rings (SSSR count). The molecular weight excluding hydrogens is 262 g/mol. The lowest BCUT2D eigenvalue weighted by molar-refractivity contribution is 0.0138. The largest absolute Gasteiger partial charge is 0.377 e. The summed E-state index contributed by atoms with van der Waals surface area (Å²) in [6.45, 7) is 13.5. The molecule has 0 radical (unpaired) electrons. The molecule has 1 aromatic carbocycles. The molecule has 0 fully saturated rings. The van der Waals surface area contributed by atoms with Crippen molar-refractivity contribution in [3.63, 3.8) is 0 Å². The van der Waals surface area contributed by atoms with E-state index in [2.05, 4.69) is 50.4 Å². The number of hydrogen-bond donors (Lipinski definition) is 1. The van der Waals surface area contributed by atoms with Crippen LogP contribution in [0.4, 0.5) is 0 Å². The molecular formula is C18H31NO2. The Labute approximate surface area is 130 Å². The van der Waals surface area contributed by atoms with E-state index in [1.165, 1.54) is 11.1 Å². The molecule has 0 aromatic heterocycles. The van der Waals surface area contributed by atoms with E-state index >= 15 is 0 Å². The van der Waals surface area contributed by atoms with E-state index in [-0.39, 0.29) is 12.1 Å². The fraction of sp³-hybridized carbons (Fsp3) is 0.667. The lowest BCUT2D eigenvalue weighted by Gasteiger charge is -2.19. The number of nitrogens with one attached hydrogen (secondary N) is 1. The average Bonchev–Trinajstić information content (AvgIpc) is 2.45. The van der Waals surface area contributed by atoms with Crippen LogP contribution in [0, 0.1) is 0 Å². The Morgan fingerprint density at radius 2 is 1.57 bits per heavy atom. The summed E-state index contributed by atoms with van der Waals surface area (Å²) in [6, 6.07) is 9.08. The van der Waals surface area contributed by atoms with E-state index in [1.807, 2.05) is 13.8 Å². The van der Waals surface area contributed by atoms with Crippen LogP contribution < -0.4 is 5.32 Å². The van der Waals surface area contributed by atoms with Crippen LogP contribution in [-0.4, -0.2) is 32.5 Å². The summed E-state index contributed by atoms with van der Waals surface area (Å²) in [4.78, 5) is 0. The maximum absolute atomic E-state index is 5.74. The lowest BCUT2D eigenvalue weighted by atomic mass is 9.99. The third kappa shape index (κ3) is 7.07. The monoisotopic (exact) mass is 293 g/mol. The summed E-state index contributed by atoms with van der Waals surface area (Å²) in [5.41, 5.74) is 2.66. The smallest absolute Gasteiger partial charge is 0.0703 e. The first kappa shape index (κ1) is 18.1. The van der Waals surface area contributed by atoms with Crippen LogP contribution >= 0.6 is 0 Å². The second-order valence-corrected chi connectivity index (χ2v) is 5.93. The maximum Gasteiger partial charge on any atom is 0.0703 e. The number of likely N-dealkylation sites (N-methyl/N-ethyl adjacent to an activating group) is 1. The van der Waals surface area contributed by atoms with E-state index in [0.29, 0.717) is 25.7 Å². The standard InChI is InChI=1S/C18H31NO2/c1-6-19-18(13-20-11-12-21-15(4)5)17-9-7-16(8-10-17)14(2)3/h7-10,14-15,18-19H,6,11-13H2,1-5H3. The number of hydrogen-bond acceptors (Lipinski definition) is 3. The summed E-state index contributed by atoms with van der Waals surface area (Å²) in [5, 5.41) is 3.48. The molecule has 0 saturated carbocycles. The SMILES string of the molecule is CCNC(COCCOC(C)C)c1ccc(C(C)C)cc1. The Kier molecular flexibility index (Phi) is 8.58. The lowest BCUT2D eigenvalue weighted by Crippen LogP contribution is -2.26. The van der Waals surface area contributed by atoms with Gasteiger partial charge in [-0.3, -0.25) is 0 Å². The minimum Gasteiger partial charge on any atom is -0.377 e. The predicted molar refractivity (Wildman–Crippen MR) is 88.9 cm³/mol. The highest BCUT2D eigenvalue weighted by Crippen LogP contribution is 2.19. The van der Waals surface area contributed by atoms with Gasteiger partial charge in [-0.2, -0.15) is 0 Å². The highest BCUT2D eigenvalue weighted by Gasteiger charge is 2.11. The molecule has 1 unspecified atom stereocenters.